The fraction of sp³-hybridized carbons (Fsp3) is 0.136. The van der Waals surface area contributed by atoms with Crippen molar-refractivity contribution in [3.8, 4) is 5.75 Å². The van der Waals surface area contributed by atoms with Crippen LogP contribution in [0.15, 0.2) is 73.1 Å². The number of para-hydroxylation sites is 2. The van der Waals surface area contributed by atoms with E-state index in [1.807, 2.05) is 0 Å². The largest absolute Gasteiger partial charge is 0.479 e. The van der Waals surface area contributed by atoms with E-state index in [0.29, 0.717) is 29.2 Å². The van der Waals surface area contributed by atoms with Gasteiger partial charge in [0.25, 0.3) is 11.8 Å². The summed E-state index contributed by atoms with van der Waals surface area (Å²) in [5.74, 6) is 0.0387. The van der Waals surface area contributed by atoms with E-state index in [0.717, 1.165) is 5.56 Å². The summed E-state index contributed by atoms with van der Waals surface area (Å²) in [5, 5.41) is 5.59. The summed E-state index contributed by atoms with van der Waals surface area (Å²) in [7, 11) is 0. The Bertz CT molecular complexity index is 975. The molecule has 0 aliphatic rings. The molecule has 4 N–H and O–H groups in total. The molecule has 0 spiro atoms. The molecule has 148 valence electrons. The van der Waals surface area contributed by atoms with Gasteiger partial charge in [-0.05, 0) is 48.9 Å². The number of nitrogens with one attached hydrogen (secondary N) is 2. The van der Waals surface area contributed by atoms with Crippen LogP contribution in [0.3, 0.4) is 0 Å². The van der Waals surface area contributed by atoms with E-state index in [1.165, 1.54) is 0 Å². The number of anilines is 2. The second kappa shape index (κ2) is 9.36. The highest BCUT2D eigenvalue weighted by Gasteiger charge is 2.14. The molecular weight excluding hydrogens is 368 g/mol. The molecule has 1 atom stereocenters. The van der Waals surface area contributed by atoms with Crippen molar-refractivity contribution in [2.75, 3.05) is 11.1 Å². The first-order valence-electron chi connectivity index (χ1n) is 9.12. The zero-order valence-corrected chi connectivity index (χ0v) is 16.0. The van der Waals surface area contributed by atoms with Crippen molar-refractivity contribution in [3.05, 3.63) is 84.2 Å². The maximum atomic E-state index is 12.3. The second-order valence-electron chi connectivity index (χ2n) is 6.40. The Hall–Kier alpha value is -3.87. The van der Waals surface area contributed by atoms with Crippen molar-refractivity contribution in [1.82, 2.24) is 10.3 Å². The Morgan fingerprint density at radius 3 is 2.52 bits per heavy atom. The third kappa shape index (κ3) is 5.55. The van der Waals surface area contributed by atoms with E-state index in [4.69, 9.17) is 10.5 Å². The van der Waals surface area contributed by atoms with E-state index in [-0.39, 0.29) is 11.8 Å². The number of nitrogen functional groups attached to an aromatic ring is 1. The van der Waals surface area contributed by atoms with Gasteiger partial charge in [-0.1, -0.05) is 24.3 Å². The van der Waals surface area contributed by atoms with Gasteiger partial charge in [0, 0.05) is 18.3 Å². The van der Waals surface area contributed by atoms with E-state index in [1.54, 1.807) is 80.0 Å². The fourth-order valence-corrected chi connectivity index (χ4v) is 2.59. The predicted molar refractivity (Wildman–Crippen MR) is 111 cm³/mol. The summed E-state index contributed by atoms with van der Waals surface area (Å²) in [6, 6.07) is 17.5. The quantitative estimate of drug-likeness (QED) is 0.538. The summed E-state index contributed by atoms with van der Waals surface area (Å²) < 4.78 is 5.54. The first kappa shape index (κ1) is 19.9. The molecular formula is C22H22N4O3. The second-order valence-corrected chi connectivity index (χ2v) is 6.40. The lowest BCUT2D eigenvalue weighted by Crippen LogP contribution is -2.35. The van der Waals surface area contributed by atoms with Gasteiger partial charge >= 0.3 is 0 Å². The number of carbonyl (C=O) groups is 2. The topological polar surface area (TPSA) is 106 Å². The zero-order valence-electron chi connectivity index (χ0n) is 16.0. The van der Waals surface area contributed by atoms with Crippen LogP contribution in [0.25, 0.3) is 0 Å². The normalized spacial score (nSPS) is 11.3. The third-order valence-electron chi connectivity index (χ3n) is 4.21. The molecule has 1 unspecified atom stereocenters. The van der Waals surface area contributed by atoms with Crippen LogP contribution in [0, 0.1) is 0 Å². The molecule has 0 saturated carbocycles. The van der Waals surface area contributed by atoms with Crippen LogP contribution < -0.4 is 21.1 Å². The Kier molecular flexibility index (Phi) is 6.42. The van der Waals surface area contributed by atoms with Crippen LogP contribution >= 0.6 is 0 Å². The molecule has 0 saturated heterocycles. The van der Waals surface area contributed by atoms with E-state index in [2.05, 4.69) is 15.6 Å². The highest BCUT2D eigenvalue weighted by atomic mass is 16.5. The lowest BCUT2D eigenvalue weighted by molar-refractivity contribution is -0.127. The molecule has 3 rings (SSSR count). The molecule has 7 nitrogen and oxygen atoms in total. The summed E-state index contributed by atoms with van der Waals surface area (Å²) in [4.78, 5) is 28.5. The van der Waals surface area contributed by atoms with E-state index >= 15 is 0 Å². The van der Waals surface area contributed by atoms with E-state index < -0.39 is 6.10 Å². The summed E-state index contributed by atoms with van der Waals surface area (Å²) in [6.07, 6.45) is 2.54. The van der Waals surface area contributed by atoms with Crippen molar-refractivity contribution in [2.24, 2.45) is 0 Å². The van der Waals surface area contributed by atoms with Gasteiger partial charge in [-0.2, -0.15) is 0 Å². The SMILES string of the molecule is CC(Oc1cccnc1)C(=O)NCc1ccc(C(=O)Nc2ccccc2N)cc1. The number of rotatable bonds is 7. The average molecular weight is 390 g/mol. The van der Waals surface area contributed by atoms with Crippen molar-refractivity contribution in [3.63, 3.8) is 0 Å². The van der Waals surface area contributed by atoms with Crippen LogP contribution in [0.2, 0.25) is 0 Å². The van der Waals surface area contributed by atoms with Crippen molar-refractivity contribution < 1.29 is 14.3 Å². The van der Waals surface area contributed by atoms with Gasteiger partial charge < -0.3 is 21.1 Å². The van der Waals surface area contributed by atoms with Crippen LogP contribution in [0.1, 0.15) is 22.8 Å². The number of aromatic nitrogens is 1. The lowest BCUT2D eigenvalue weighted by atomic mass is 10.1. The standard InChI is InChI=1S/C22H22N4O3/c1-15(29-18-5-4-12-24-14-18)21(27)25-13-16-8-10-17(11-9-16)22(28)26-20-7-3-2-6-19(20)23/h2-12,14-15H,13,23H2,1H3,(H,25,27)(H,26,28). The molecule has 7 heteroatoms. The smallest absolute Gasteiger partial charge is 0.261 e. The Morgan fingerprint density at radius 1 is 1.07 bits per heavy atom. The summed E-state index contributed by atoms with van der Waals surface area (Å²) >= 11 is 0. The number of hydrogen-bond donors (Lipinski definition) is 3. The Labute approximate surface area is 168 Å². The first-order chi connectivity index (χ1) is 14.0. The van der Waals surface area contributed by atoms with Gasteiger partial charge in [0.15, 0.2) is 6.10 Å². The number of nitrogens with two attached hydrogens (primary N) is 1. The third-order valence-corrected chi connectivity index (χ3v) is 4.21. The predicted octanol–water partition coefficient (Wildman–Crippen LogP) is 3.00. The van der Waals surface area contributed by atoms with E-state index in [9.17, 15) is 9.59 Å². The summed E-state index contributed by atoms with van der Waals surface area (Å²) in [6.45, 7) is 2.00. The molecule has 0 bridgehead atoms. The van der Waals surface area contributed by atoms with Crippen LogP contribution in [-0.2, 0) is 11.3 Å². The number of amides is 2. The Morgan fingerprint density at radius 2 is 1.83 bits per heavy atom. The molecule has 0 aliphatic carbocycles. The maximum absolute atomic E-state index is 12.3. The number of nitrogens with zero attached hydrogens (tertiary/aromatic N) is 1. The number of carbonyl (C=O) groups excluding carboxylic acids is 2. The van der Waals surface area contributed by atoms with Gasteiger partial charge in [0.2, 0.25) is 0 Å². The Balaban J connectivity index is 1.51. The molecule has 1 heterocycles. The highest BCUT2D eigenvalue weighted by molar-refractivity contribution is 6.05. The van der Waals surface area contributed by atoms with Gasteiger partial charge in [-0.25, -0.2) is 0 Å². The van der Waals surface area contributed by atoms with Crippen molar-refractivity contribution >= 4 is 23.2 Å². The van der Waals surface area contributed by atoms with Crippen molar-refractivity contribution in [2.45, 2.75) is 19.6 Å². The van der Waals surface area contributed by atoms with Gasteiger partial charge in [0.1, 0.15) is 5.75 Å². The fourth-order valence-electron chi connectivity index (χ4n) is 2.59. The molecule has 1 aromatic heterocycles. The number of pyridine rings is 1. The molecule has 2 aromatic carbocycles. The molecule has 29 heavy (non-hydrogen) atoms. The zero-order chi connectivity index (χ0) is 20.6. The number of hydrogen-bond acceptors (Lipinski definition) is 5. The molecule has 2 amide bonds. The lowest BCUT2D eigenvalue weighted by Gasteiger charge is -2.14. The maximum Gasteiger partial charge on any atom is 0.261 e. The minimum Gasteiger partial charge on any atom is -0.479 e. The molecule has 3 aromatic rings. The molecule has 0 fully saturated rings. The van der Waals surface area contributed by atoms with Crippen molar-refractivity contribution in [1.29, 1.82) is 0 Å². The average Bonchev–Trinajstić information content (AvgIpc) is 2.74. The van der Waals surface area contributed by atoms with Crippen LogP contribution in [0.4, 0.5) is 11.4 Å². The van der Waals surface area contributed by atoms with Crippen LogP contribution in [0.5, 0.6) is 5.75 Å². The minimum atomic E-state index is -0.652. The summed E-state index contributed by atoms with van der Waals surface area (Å²) in [5.41, 5.74) is 8.27. The first-order valence-corrected chi connectivity index (χ1v) is 9.12. The number of ether oxygens (including phenoxy) is 1. The molecule has 0 radical (unpaired) electrons. The van der Waals surface area contributed by atoms with Gasteiger partial charge in [-0.15, -0.1) is 0 Å². The monoisotopic (exact) mass is 390 g/mol. The van der Waals surface area contributed by atoms with Gasteiger partial charge in [0.05, 0.1) is 17.6 Å². The highest BCUT2D eigenvalue weighted by Crippen LogP contribution is 2.18. The molecule has 0 aliphatic heterocycles. The minimum absolute atomic E-state index is 0.241. The van der Waals surface area contributed by atoms with Crippen LogP contribution in [-0.4, -0.2) is 22.9 Å². The van der Waals surface area contributed by atoms with Gasteiger partial charge in [-0.3, -0.25) is 14.6 Å². The number of benzene rings is 2.